The van der Waals surface area contributed by atoms with E-state index in [-0.39, 0.29) is 24.9 Å². The van der Waals surface area contributed by atoms with Crippen molar-refractivity contribution in [2.24, 2.45) is 11.5 Å². The first-order valence-corrected chi connectivity index (χ1v) is 5.08. The molecule has 0 aromatic carbocycles. The normalized spacial score (nSPS) is 24.0. The molecule has 0 aliphatic carbocycles. The van der Waals surface area contributed by atoms with Crippen LogP contribution in [0.5, 0.6) is 0 Å². The Bertz CT molecular complexity index is 318. The van der Waals surface area contributed by atoms with Gasteiger partial charge in [-0.1, -0.05) is 6.92 Å². The Kier molecular flexibility index (Phi) is 3.97. The molecule has 0 aromatic rings. The number of nitrogens with zero attached hydrogens (tertiary/aromatic N) is 1. The molecule has 1 heterocycles. The van der Waals surface area contributed by atoms with Gasteiger partial charge in [0.05, 0.1) is 18.6 Å². The van der Waals surface area contributed by atoms with E-state index in [1.807, 2.05) is 6.92 Å². The SMILES string of the molecule is CCC1C(=O)NC(=O)CN1CC(N)C(N)=O. The number of nitrogens with one attached hydrogen (secondary N) is 1. The van der Waals surface area contributed by atoms with Crippen LogP contribution in [0.2, 0.25) is 0 Å². The molecule has 90 valence electrons. The molecule has 1 aliphatic rings. The number of rotatable bonds is 4. The number of piperazine rings is 1. The van der Waals surface area contributed by atoms with Crippen LogP contribution >= 0.6 is 0 Å². The molecule has 3 amide bonds. The summed E-state index contributed by atoms with van der Waals surface area (Å²) in [6.45, 7) is 2.00. The highest BCUT2D eigenvalue weighted by molar-refractivity contribution is 6.01. The fourth-order valence-electron chi connectivity index (χ4n) is 1.70. The van der Waals surface area contributed by atoms with Crippen LogP contribution in [0.15, 0.2) is 0 Å². The Morgan fingerprint density at radius 2 is 2.25 bits per heavy atom. The van der Waals surface area contributed by atoms with Crippen molar-refractivity contribution in [3.05, 3.63) is 0 Å². The maximum absolute atomic E-state index is 11.5. The monoisotopic (exact) mass is 228 g/mol. The third kappa shape index (κ3) is 2.77. The molecule has 2 unspecified atom stereocenters. The molecule has 0 saturated carbocycles. The lowest BCUT2D eigenvalue weighted by atomic mass is 10.1. The molecular formula is C9H16N4O3. The van der Waals surface area contributed by atoms with Crippen molar-refractivity contribution in [3.8, 4) is 0 Å². The van der Waals surface area contributed by atoms with E-state index in [0.29, 0.717) is 6.42 Å². The van der Waals surface area contributed by atoms with Gasteiger partial charge in [-0.25, -0.2) is 0 Å². The summed E-state index contributed by atoms with van der Waals surface area (Å²) in [7, 11) is 0. The van der Waals surface area contributed by atoms with Crippen molar-refractivity contribution in [1.82, 2.24) is 10.2 Å². The molecule has 7 nitrogen and oxygen atoms in total. The smallest absolute Gasteiger partial charge is 0.243 e. The lowest BCUT2D eigenvalue weighted by Crippen LogP contribution is -2.61. The Balaban J connectivity index is 2.71. The number of primary amides is 1. The zero-order valence-corrected chi connectivity index (χ0v) is 9.10. The average Bonchev–Trinajstić information content (AvgIpc) is 2.16. The van der Waals surface area contributed by atoms with E-state index in [2.05, 4.69) is 5.32 Å². The van der Waals surface area contributed by atoms with Crippen LogP contribution in [0.1, 0.15) is 13.3 Å². The van der Waals surface area contributed by atoms with Gasteiger partial charge in [0.25, 0.3) is 0 Å². The largest absolute Gasteiger partial charge is 0.368 e. The van der Waals surface area contributed by atoms with Gasteiger partial charge in [0.2, 0.25) is 17.7 Å². The fourth-order valence-corrected chi connectivity index (χ4v) is 1.70. The average molecular weight is 228 g/mol. The van der Waals surface area contributed by atoms with Gasteiger partial charge in [-0.2, -0.15) is 0 Å². The van der Waals surface area contributed by atoms with E-state index >= 15 is 0 Å². The molecule has 1 aliphatic heterocycles. The van der Waals surface area contributed by atoms with Crippen molar-refractivity contribution in [2.75, 3.05) is 13.1 Å². The minimum absolute atomic E-state index is 0.0607. The highest BCUT2D eigenvalue weighted by Gasteiger charge is 2.33. The summed E-state index contributed by atoms with van der Waals surface area (Å²) in [6.07, 6.45) is 0.546. The van der Waals surface area contributed by atoms with Gasteiger partial charge in [0.1, 0.15) is 0 Å². The molecule has 7 heteroatoms. The summed E-state index contributed by atoms with van der Waals surface area (Å²) < 4.78 is 0. The fraction of sp³-hybridized carbons (Fsp3) is 0.667. The molecule has 5 N–H and O–H groups in total. The van der Waals surface area contributed by atoms with E-state index in [1.165, 1.54) is 0 Å². The second kappa shape index (κ2) is 5.04. The molecular weight excluding hydrogens is 212 g/mol. The molecule has 0 spiro atoms. The Morgan fingerprint density at radius 3 is 2.75 bits per heavy atom. The third-order valence-corrected chi connectivity index (χ3v) is 2.54. The predicted molar refractivity (Wildman–Crippen MR) is 56.0 cm³/mol. The third-order valence-electron chi connectivity index (χ3n) is 2.54. The highest BCUT2D eigenvalue weighted by Crippen LogP contribution is 2.09. The van der Waals surface area contributed by atoms with Crippen LogP contribution in [0.3, 0.4) is 0 Å². The summed E-state index contributed by atoms with van der Waals surface area (Å²) in [5.41, 5.74) is 10.5. The second-order valence-electron chi connectivity index (χ2n) is 3.77. The van der Waals surface area contributed by atoms with Crippen molar-refractivity contribution in [1.29, 1.82) is 0 Å². The first-order chi connectivity index (χ1) is 7.45. The molecule has 16 heavy (non-hydrogen) atoms. The number of hydrogen-bond acceptors (Lipinski definition) is 5. The van der Waals surface area contributed by atoms with E-state index in [1.54, 1.807) is 4.90 Å². The van der Waals surface area contributed by atoms with Gasteiger partial charge in [-0.15, -0.1) is 0 Å². The van der Waals surface area contributed by atoms with E-state index in [0.717, 1.165) is 0 Å². The van der Waals surface area contributed by atoms with Crippen molar-refractivity contribution >= 4 is 17.7 Å². The van der Waals surface area contributed by atoms with Crippen molar-refractivity contribution in [3.63, 3.8) is 0 Å². The van der Waals surface area contributed by atoms with Crippen molar-refractivity contribution in [2.45, 2.75) is 25.4 Å². The highest BCUT2D eigenvalue weighted by atomic mass is 16.2. The van der Waals surface area contributed by atoms with E-state index in [4.69, 9.17) is 11.5 Å². The first kappa shape index (κ1) is 12.6. The van der Waals surface area contributed by atoms with Gasteiger partial charge < -0.3 is 11.5 Å². The Hall–Kier alpha value is -1.47. The van der Waals surface area contributed by atoms with Crippen LogP contribution in [-0.4, -0.2) is 47.8 Å². The van der Waals surface area contributed by atoms with E-state index < -0.39 is 18.0 Å². The summed E-state index contributed by atoms with van der Waals surface area (Å²) in [6, 6.07) is -1.30. The molecule has 1 saturated heterocycles. The lowest BCUT2D eigenvalue weighted by molar-refractivity contribution is -0.141. The van der Waals surface area contributed by atoms with Crippen LogP contribution < -0.4 is 16.8 Å². The molecule has 0 aromatic heterocycles. The topological polar surface area (TPSA) is 119 Å². The number of amides is 3. The summed E-state index contributed by atoms with van der Waals surface area (Å²) in [4.78, 5) is 35.0. The number of imide groups is 1. The van der Waals surface area contributed by atoms with Gasteiger partial charge in [0.15, 0.2) is 0 Å². The molecule has 1 fully saturated rings. The molecule has 1 rings (SSSR count). The van der Waals surface area contributed by atoms with Gasteiger partial charge in [0, 0.05) is 6.54 Å². The summed E-state index contributed by atoms with van der Waals surface area (Å²) in [5.74, 6) is -1.38. The summed E-state index contributed by atoms with van der Waals surface area (Å²) in [5, 5.41) is 2.24. The molecule has 2 atom stereocenters. The number of nitrogens with two attached hydrogens (primary N) is 2. The molecule has 0 bridgehead atoms. The maximum Gasteiger partial charge on any atom is 0.243 e. The lowest BCUT2D eigenvalue weighted by Gasteiger charge is -2.34. The van der Waals surface area contributed by atoms with Crippen molar-refractivity contribution < 1.29 is 14.4 Å². The van der Waals surface area contributed by atoms with Crippen LogP contribution in [-0.2, 0) is 14.4 Å². The van der Waals surface area contributed by atoms with E-state index in [9.17, 15) is 14.4 Å². The minimum Gasteiger partial charge on any atom is -0.368 e. The van der Waals surface area contributed by atoms with Crippen LogP contribution in [0.25, 0.3) is 0 Å². The Labute approximate surface area is 93.1 Å². The van der Waals surface area contributed by atoms with Gasteiger partial charge in [-0.3, -0.25) is 24.6 Å². The maximum atomic E-state index is 11.5. The first-order valence-electron chi connectivity index (χ1n) is 5.08. The quantitative estimate of drug-likeness (QED) is 0.461. The second-order valence-corrected chi connectivity index (χ2v) is 3.77. The number of hydrogen-bond donors (Lipinski definition) is 3. The Morgan fingerprint density at radius 1 is 1.62 bits per heavy atom. The molecule has 0 radical (unpaired) electrons. The minimum atomic E-state index is -0.868. The van der Waals surface area contributed by atoms with Crippen LogP contribution in [0, 0.1) is 0 Å². The standard InChI is InChI=1S/C9H16N4O3/c1-2-6-9(16)12-7(14)4-13(6)3-5(10)8(11)15/h5-6H,2-4,10H2,1H3,(H2,11,15)(H,12,14,16). The van der Waals surface area contributed by atoms with Crippen LogP contribution in [0.4, 0.5) is 0 Å². The zero-order chi connectivity index (χ0) is 12.3. The zero-order valence-electron chi connectivity index (χ0n) is 9.10. The predicted octanol–water partition coefficient (Wildman–Crippen LogP) is -2.46. The number of carbonyl (C=O) groups excluding carboxylic acids is 3. The summed E-state index contributed by atoms with van der Waals surface area (Å²) >= 11 is 0. The number of carbonyl (C=O) groups is 3. The van der Waals surface area contributed by atoms with Gasteiger partial charge in [-0.05, 0) is 6.42 Å². The van der Waals surface area contributed by atoms with Gasteiger partial charge >= 0.3 is 0 Å².